The Kier molecular flexibility index (Phi) is 6.78. The maximum absolute atomic E-state index is 15.4. The van der Waals surface area contributed by atoms with Gasteiger partial charge in [-0.25, -0.2) is 13.8 Å². The molecule has 4 atom stereocenters. The van der Waals surface area contributed by atoms with E-state index in [0.717, 1.165) is 17.2 Å². The number of carboxylic acids is 1. The monoisotopic (exact) mass is 587 g/mol. The largest absolute Gasteiger partial charge is 0.481 e. The Morgan fingerprint density at radius 1 is 1.14 bits per heavy atom. The Labute approximate surface area is 246 Å². The summed E-state index contributed by atoms with van der Waals surface area (Å²) in [6.45, 7) is 8.05. The molecule has 4 aromatic rings. The zero-order chi connectivity index (χ0) is 30.8. The van der Waals surface area contributed by atoms with E-state index in [4.69, 9.17) is 0 Å². The number of carbonyl (C=O) groups is 3. The van der Waals surface area contributed by atoms with E-state index in [9.17, 15) is 19.5 Å². The van der Waals surface area contributed by atoms with Crippen LogP contribution in [-0.2, 0) is 9.59 Å². The Hall–Kier alpha value is -4.67. The number of aryl methyl sites for hydroxylation is 2. The molecule has 0 bridgehead atoms. The van der Waals surface area contributed by atoms with Gasteiger partial charge in [-0.1, -0.05) is 32.0 Å². The van der Waals surface area contributed by atoms with Gasteiger partial charge in [0.2, 0.25) is 5.91 Å². The minimum absolute atomic E-state index is 0.0486. The predicted octanol–water partition coefficient (Wildman–Crippen LogP) is 4.72. The number of fused-ring (bicyclic) bond motifs is 2. The fraction of sp³-hybridized carbons (Fsp3) is 0.344. The Morgan fingerprint density at radius 2 is 1.86 bits per heavy atom. The number of piperidine rings is 1. The van der Waals surface area contributed by atoms with Gasteiger partial charge in [0.1, 0.15) is 11.7 Å². The first-order valence-corrected chi connectivity index (χ1v) is 14.1. The summed E-state index contributed by atoms with van der Waals surface area (Å²) < 4.78 is 32.0. The van der Waals surface area contributed by atoms with Crippen LogP contribution in [0.3, 0.4) is 0 Å². The SMILES string of the molecule is Cc1cccc(C)c1-c1cc(F)c(F)c([C@H](CC(=O)O)NC(=O)[C@@H]2C3C(CN2C(=O)c2cnc4cnccn24)C3(C)C)c1. The third kappa shape index (κ3) is 4.72. The van der Waals surface area contributed by atoms with Crippen LogP contribution in [0.4, 0.5) is 8.78 Å². The molecule has 2 aromatic carbocycles. The topological polar surface area (TPSA) is 117 Å². The lowest BCUT2D eigenvalue weighted by Crippen LogP contribution is -2.51. The van der Waals surface area contributed by atoms with E-state index in [1.807, 2.05) is 45.9 Å². The van der Waals surface area contributed by atoms with Gasteiger partial charge in [-0.05, 0) is 65.5 Å². The van der Waals surface area contributed by atoms with Crippen LogP contribution in [0.5, 0.6) is 0 Å². The molecule has 2 aliphatic rings. The lowest BCUT2D eigenvalue weighted by molar-refractivity contribution is -0.138. The van der Waals surface area contributed by atoms with Crippen LogP contribution in [0, 0.1) is 42.7 Å². The zero-order valence-corrected chi connectivity index (χ0v) is 24.1. The second kappa shape index (κ2) is 10.3. The van der Waals surface area contributed by atoms with Gasteiger partial charge in [0.05, 0.1) is 24.9 Å². The predicted molar refractivity (Wildman–Crippen MR) is 153 cm³/mol. The normalized spacial score (nSPS) is 21.0. The van der Waals surface area contributed by atoms with Crippen molar-refractivity contribution in [3.8, 4) is 11.1 Å². The number of halogens is 2. The maximum Gasteiger partial charge on any atom is 0.305 e. The molecule has 1 aliphatic carbocycles. The summed E-state index contributed by atoms with van der Waals surface area (Å²) >= 11 is 0. The first-order chi connectivity index (χ1) is 20.4. The Morgan fingerprint density at radius 3 is 2.56 bits per heavy atom. The van der Waals surface area contributed by atoms with Crippen molar-refractivity contribution in [2.75, 3.05) is 6.54 Å². The summed E-state index contributed by atoms with van der Waals surface area (Å²) in [5.74, 6) is -4.85. The number of rotatable bonds is 7. The van der Waals surface area contributed by atoms with Gasteiger partial charge < -0.3 is 15.3 Å². The smallest absolute Gasteiger partial charge is 0.305 e. The van der Waals surface area contributed by atoms with E-state index in [-0.39, 0.29) is 28.5 Å². The number of aliphatic carboxylic acids is 1. The molecule has 11 heteroatoms. The highest BCUT2D eigenvalue weighted by Gasteiger charge is 2.69. The average Bonchev–Trinajstić information content (AvgIpc) is 3.32. The van der Waals surface area contributed by atoms with Crippen molar-refractivity contribution in [2.24, 2.45) is 17.3 Å². The Bertz CT molecular complexity index is 1780. The van der Waals surface area contributed by atoms with Gasteiger partial charge >= 0.3 is 5.97 Å². The highest BCUT2D eigenvalue weighted by atomic mass is 19.2. The lowest BCUT2D eigenvalue weighted by Gasteiger charge is -2.31. The lowest BCUT2D eigenvalue weighted by atomic mass is 9.92. The summed E-state index contributed by atoms with van der Waals surface area (Å²) in [7, 11) is 0. The van der Waals surface area contributed by atoms with Gasteiger partial charge in [-0.15, -0.1) is 0 Å². The molecule has 0 radical (unpaired) electrons. The fourth-order valence-corrected chi connectivity index (χ4v) is 6.89. The van der Waals surface area contributed by atoms with E-state index >= 15 is 8.78 Å². The molecule has 2 aromatic heterocycles. The van der Waals surface area contributed by atoms with Crippen molar-refractivity contribution in [2.45, 2.75) is 46.2 Å². The van der Waals surface area contributed by atoms with Gasteiger partial charge in [-0.3, -0.25) is 23.8 Å². The van der Waals surface area contributed by atoms with Crippen LogP contribution >= 0.6 is 0 Å². The maximum atomic E-state index is 15.4. The molecule has 2 amide bonds. The van der Waals surface area contributed by atoms with Crippen molar-refractivity contribution in [3.05, 3.63) is 89.1 Å². The number of aromatic nitrogens is 3. The summed E-state index contributed by atoms with van der Waals surface area (Å²) in [6, 6.07) is 5.70. The number of nitrogens with one attached hydrogen (secondary N) is 1. The summed E-state index contributed by atoms with van der Waals surface area (Å²) in [4.78, 5) is 49.4. The van der Waals surface area contributed by atoms with Crippen molar-refractivity contribution in [3.63, 3.8) is 0 Å². The molecule has 1 saturated carbocycles. The molecule has 1 saturated heterocycles. The number of carbonyl (C=O) groups excluding carboxylic acids is 2. The summed E-state index contributed by atoms with van der Waals surface area (Å²) in [5, 5.41) is 12.4. The number of nitrogens with zero attached hydrogens (tertiary/aromatic N) is 4. The van der Waals surface area contributed by atoms with Crippen LogP contribution in [0.25, 0.3) is 16.8 Å². The first kappa shape index (κ1) is 28.4. The molecule has 2 unspecified atom stereocenters. The van der Waals surface area contributed by atoms with E-state index in [2.05, 4.69) is 15.3 Å². The molecule has 6 rings (SSSR count). The van der Waals surface area contributed by atoms with E-state index in [1.165, 1.54) is 29.6 Å². The summed E-state index contributed by atoms with van der Waals surface area (Å²) in [6.07, 6.45) is 5.39. The molecule has 222 valence electrons. The number of amides is 2. The minimum Gasteiger partial charge on any atom is -0.481 e. The second-order valence-electron chi connectivity index (χ2n) is 12.1. The van der Waals surface area contributed by atoms with Crippen molar-refractivity contribution in [1.29, 1.82) is 0 Å². The average molecular weight is 588 g/mol. The van der Waals surface area contributed by atoms with Crippen LogP contribution in [0.15, 0.2) is 55.1 Å². The van der Waals surface area contributed by atoms with E-state index in [1.54, 1.807) is 10.6 Å². The van der Waals surface area contributed by atoms with Crippen LogP contribution in [0.2, 0.25) is 0 Å². The number of hydrogen-bond acceptors (Lipinski definition) is 5. The van der Waals surface area contributed by atoms with Gasteiger partial charge in [0.15, 0.2) is 17.3 Å². The standard InChI is InChI=1S/C32H31F2N5O4/c1-16-6-5-7-17(2)26(16)18-10-19(28(34)21(33)11-18)22(12-25(40)41)37-30(42)29-27-20(32(27,3)4)15-39(29)31(43)23-13-36-24-14-35-8-9-38(23)24/h5-11,13-14,20,22,27,29H,12,15H2,1-4H3,(H,37,42)(H,40,41)/t20?,22-,27?,29-/m0/s1. The quantitative estimate of drug-likeness (QED) is 0.323. The van der Waals surface area contributed by atoms with Gasteiger partial charge in [-0.2, -0.15) is 0 Å². The van der Waals surface area contributed by atoms with Gasteiger partial charge in [0.25, 0.3) is 5.91 Å². The molecule has 2 N–H and O–H groups in total. The molecule has 9 nitrogen and oxygen atoms in total. The van der Waals surface area contributed by atoms with Gasteiger partial charge in [0, 0.05) is 24.5 Å². The van der Waals surface area contributed by atoms with Crippen LogP contribution < -0.4 is 5.32 Å². The number of carboxylic acid groups (broad SMARTS) is 1. The first-order valence-electron chi connectivity index (χ1n) is 14.1. The Balaban J connectivity index is 1.36. The highest BCUT2D eigenvalue weighted by molar-refractivity contribution is 5.98. The molecule has 1 aliphatic heterocycles. The van der Waals surface area contributed by atoms with E-state index in [0.29, 0.717) is 23.3 Å². The minimum atomic E-state index is -1.39. The summed E-state index contributed by atoms with van der Waals surface area (Å²) in [5.41, 5.74) is 2.96. The molecule has 3 heterocycles. The number of imidazole rings is 1. The third-order valence-electron chi connectivity index (χ3n) is 9.17. The van der Waals surface area contributed by atoms with Crippen molar-refractivity contribution < 1.29 is 28.3 Å². The highest BCUT2D eigenvalue weighted by Crippen LogP contribution is 2.65. The third-order valence-corrected chi connectivity index (χ3v) is 9.17. The molecular weight excluding hydrogens is 556 g/mol. The van der Waals surface area contributed by atoms with E-state index < -0.39 is 47.9 Å². The zero-order valence-electron chi connectivity index (χ0n) is 24.1. The molecule has 43 heavy (non-hydrogen) atoms. The van der Waals surface area contributed by atoms with Crippen molar-refractivity contribution in [1.82, 2.24) is 24.6 Å². The number of benzene rings is 2. The molecule has 0 spiro atoms. The second-order valence-corrected chi connectivity index (χ2v) is 12.1. The van der Waals surface area contributed by atoms with Crippen LogP contribution in [-0.4, -0.2) is 54.7 Å². The number of likely N-dealkylation sites (tertiary alicyclic amines) is 1. The van der Waals surface area contributed by atoms with Crippen molar-refractivity contribution >= 4 is 23.4 Å². The number of hydrogen-bond donors (Lipinski definition) is 2. The molecular formula is C32H31F2N5O4. The van der Waals surface area contributed by atoms with Crippen LogP contribution in [0.1, 0.15) is 53.5 Å². The fourth-order valence-electron chi connectivity index (χ4n) is 6.89. The molecule has 2 fully saturated rings.